The van der Waals surface area contributed by atoms with Crippen molar-refractivity contribution in [3.63, 3.8) is 0 Å². The quantitative estimate of drug-likeness (QED) is 0.689. The van der Waals surface area contributed by atoms with Gasteiger partial charge in [0.2, 0.25) is 0 Å². The molecule has 6 heteroatoms. The van der Waals surface area contributed by atoms with Crippen LogP contribution in [0.2, 0.25) is 0 Å². The lowest BCUT2D eigenvalue weighted by Crippen LogP contribution is -2.43. The number of hydrogen-bond acceptors (Lipinski definition) is 4. The van der Waals surface area contributed by atoms with Gasteiger partial charge in [0.05, 0.1) is 0 Å². The smallest absolute Gasteiger partial charge is 0.326 e. The van der Waals surface area contributed by atoms with Gasteiger partial charge in [-0.1, -0.05) is 32.0 Å². The minimum atomic E-state index is -1.09. The number of aliphatic carboxylic acids is 1. The van der Waals surface area contributed by atoms with Gasteiger partial charge in [0.25, 0.3) is 5.91 Å². The molecule has 0 aliphatic rings. The first-order chi connectivity index (χ1) is 11.0. The summed E-state index contributed by atoms with van der Waals surface area (Å²) in [4.78, 5) is 23.0. The summed E-state index contributed by atoms with van der Waals surface area (Å²) in [5.41, 5.74) is 1.04. The minimum Gasteiger partial charge on any atom is -0.483 e. The highest BCUT2D eigenvalue weighted by Crippen LogP contribution is 2.28. The molecule has 1 rings (SSSR count). The van der Waals surface area contributed by atoms with E-state index in [-0.39, 0.29) is 19.6 Å². The lowest BCUT2D eigenvalue weighted by molar-refractivity contribution is -0.142. The maximum Gasteiger partial charge on any atom is 0.326 e. The highest BCUT2D eigenvalue weighted by Gasteiger charge is 2.20. The van der Waals surface area contributed by atoms with Crippen LogP contribution in [0.4, 0.5) is 0 Å². The van der Waals surface area contributed by atoms with E-state index in [1.807, 2.05) is 24.3 Å². The molecule has 0 aliphatic heterocycles. The lowest BCUT2D eigenvalue weighted by atomic mass is 9.98. The summed E-state index contributed by atoms with van der Waals surface area (Å²) in [6.45, 7) is 4.22. The first-order valence-corrected chi connectivity index (χ1v) is 7.72. The molecule has 2 atom stereocenters. The third kappa shape index (κ3) is 6.28. The van der Waals surface area contributed by atoms with E-state index in [2.05, 4.69) is 19.2 Å². The summed E-state index contributed by atoms with van der Waals surface area (Å²) in [5.74, 6) is -0.577. The van der Waals surface area contributed by atoms with E-state index in [1.54, 1.807) is 0 Å². The molecule has 128 valence electrons. The molecule has 0 bridgehead atoms. The van der Waals surface area contributed by atoms with E-state index in [9.17, 15) is 9.59 Å². The van der Waals surface area contributed by atoms with Crippen molar-refractivity contribution in [3.05, 3.63) is 29.8 Å². The van der Waals surface area contributed by atoms with Crippen molar-refractivity contribution in [1.82, 2.24) is 5.32 Å². The number of carboxylic acid groups (broad SMARTS) is 1. The Balaban J connectivity index is 2.60. The van der Waals surface area contributed by atoms with Crippen LogP contribution in [-0.2, 0) is 14.3 Å². The molecular weight excluding hydrogens is 298 g/mol. The number of amides is 1. The predicted octanol–water partition coefficient (Wildman–Crippen LogP) is 2.18. The van der Waals surface area contributed by atoms with E-state index < -0.39 is 17.9 Å². The van der Waals surface area contributed by atoms with Crippen molar-refractivity contribution in [1.29, 1.82) is 0 Å². The zero-order valence-electron chi connectivity index (χ0n) is 13.9. The summed E-state index contributed by atoms with van der Waals surface area (Å²) in [6, 6.07) is 6.59. The van der Waals surface area contributed by atoms with Gasteiger partial charge in [-0.2, -0.15) is 0 Å². The molecule has 0 saturated heterocycles. The molecule has 0 spiro atoms. The monoisotopic (exact) mass is 323 g/mol. The van der Waals surface area contributed by atoms with Crippen molar-refractivity contribution in [2.24, 2.45) is 0 Å². The maximum absolute atomic E-state index is 11.9. The van der Waals surface area contributed by atoms with Gasteiger partial charge in [0, 0.05) is 20.1 Å². The first kappa shape index (κ1) is 19.0. The molecular formula is C17H25NO5. The van der Waals surface area contributed by atoms with Crippen LogP contribution in [0.15, 0.2) is 24.3 Å². The Bertz CT molecular complexity index is 517. The second kappa shape index (κ2) is 9.84. The number of nitrogens with one attached hydrogen (secondary N) is 1. The fraction of sp³-hybridized carbons (Fsp3) is 0.529. The van der Waals surface area contributed by atoms with Gasteiger partial charge in [-0.05, 0) is 24.0 Å². The summed E-state index contributed by atoms with van der Waals surface area (Å²) >= 11 is 0. The SMILES string of the molecule is CCC(C)c1ccccc1OCC(=O)NC(CCOC)C(=O)O. The highest BCUT2D eigenvalue weighted by atomic mass is 16.5. The molecule has 0 radical (unpaired) electrons. The summed E-state index contributed by atoms with van der Waals surface area (Å²) in [7, 11) is 1.48. The molecule has 6 nitrogen and oxygen atoms in total. The molecule has 0 heterocycles. The number of hydrogen-bond donors (Lipinski definition) is 2. The molecule has 0 saturated carbocycles. The topological polar surface area (TPSA) is 84.9 Å². The average Bonchev–Trinajstić information content (AvgIpc) is 2.56. The van der Waals surface area contributed by atoms with Crippen LogP contribution in [0.1, 0.15) is 38.2 Å². The van der Waals surface area contributed by atoms with Crippen molar-refractivity contribution in [3.8, 4) is 5.75 Å². The molecule has 1 amide bonds. The van der Waals surface area contributed by atoms with E-state index in [0.29, 0.717) is 11.7 Å². The number of carbonyl (C=O) groups is 2. The Morgan fingerprint density at radius 3 is 2.61 bits per heavy atom. The number of methoxy groups -OCH3 is 1. The molecule has 23 heavy (non-hydrogen) atoms. The molecule has 1 aromatic carbocycles. The number of carbonyl (C=O) groups excluding carboxylic acids is 1. The van der Waals surface area contributed by atoms with Gasteiger partial charge >= 0.3 is 5.97 Å². The summed E-state index contributed by atoms with van der Waals surface area (Å²) in [5, 5.41) is 11.5. The number of ether oxygens (including phenoxy) is 2. The molecule has 2 N–H and O–H groups in total. The molecule has 0 aromatic heterocycles. The fourth-order valence-corrected chi connectivity index (χ4v) is 2.11. The standard InChI is InChI=1S/C17H25NO5/c1-4-12(2)13-7-5-6-8-15(13)23-11-16(19)18-14(17(20)21)9-10-22-3/h5-8,12,14H,4,9-11H2,1-3H3,(H,18,19)(H,20,21). The van der Waals surface area contributed by atoms with Gasteiger partial charge < -0.3 is 19.9 Å². The van der Waals surface area contributed by atoms with Crippen LogP contribution >= 0.6 is 0 Å². The van der Waals surface area contributed by atoms with Crippen LogP contribution in [0.25, 0.3) is 0 Å². The number of benzene rings is 1. The molecule has 2 unspecified atom stereocenters. The fourth-order valence-electron chi connectivity index (χ4n) is 2.11. The Morgan fingerprint density at radius 2 is 2.00 bits per heavy atom. The summed E-state index contributed by atoms with van der Waals surface area (Å²) < 4.78 is 10.4. The number of carboxylic acids is 1. The minimum absolute atomic E-state index is 0.209. The first-order valence-electron chi connectivity index (χ1n) is 7.72. The maximum atomic E-state index is 11.9. The van der Waals surface area contributed by atoms with Gasteiger partial charge in [-0.15, -0.1) is 0 Å². The second-order valence-corrected chi connectivity index (χ2v) is 5.38. The van der Waals surface area contributed by atoms with E-state index in [1.165, 1.54) is 7.11 Å². The average molecular weight is 323 g/mol. The van der Waals surface area contributed by atoms with Gasteiger partial charge in [0.15, 0.2) is 6.61 Å². The van der Waals surface area contributed by atoms with E-state index >= 15 is 0 Å². The van der Waals surface area contributed by atoms with E-state index in [0.717, 1.165) is 12.0 Å². The van der Waals surface area contributed by atoms with Crippen LogP contribution < -0.4 is 10.1 Å². The van der Waals surface area contributed by atoms with Crippen molar-refractivity contribution in [2.75, 3.05) is 20.3 Å². The Labute approximate surface area is 136 Å². The van der Waals surface area contributed by atoms with Crippen molar-refractivity contribution < 1.29 is 24.2 Å². The zero-order valence-corrected chi connectivity index (χ0v) is 13.9. The Kier molecular flexibility index (Phi) is 8.11. The molecule has 0 fully saturated rings. The van der Waals surface area contributed by atoms with Crippen molar-refractivity contribution in [2.45, 2.75) is 38.6 Å². The third-order valence-electron chi connectivity index (χ3n) is 3.67. The summed E-state index contributed by atoms with van der Waals surface area (Å²) in [6.07, 6.45) is 1.17. The number of rotatable bonds is 10. The van der Waals surface area contributed by atoms with Crippen molar-refractivity contribution >= 4 is 11.9 Å². The zero-order chi connectivity index (χ0) is 17.2. The van der Waals surface area contributed by atoms with Crippen LogP contribution in [0.5, 0.6) is 5.75 Å². The largest absolute Gasteiger partial charge is 0.483 e. The highest BCUT2D eigenvalue weighted by molar-refractivity contribution is 5.84. The van der Waals surface area contributed by atoms with Crippen LogP contribution in [-0.4, -0.2) is 43.3 Å². The normalized spacial score (nSPS) is 13.2. The van der Waals surface area contributed by atoms with Crippen LogP contribution in [0.3, 0.4) is 0 Å². The van der Waals surface area contributed by atoms with Crippen LogP contribution in [0, 0.1) is 0 Å². The van der Waals surface area contributed by atoms with Gasteiger partial charge in [-0.3, -0.25) is 4.79 Å². The second-order valence-electron chi connectivity index (χ2n) is 5.38. The molecule has 1 aromatic rings. The van der Waals surface area contributed by atoms with Gasteiger partial charge in [-0.25, -0.2) is 4.79 Å². The Hall–Kier alpha value is -2.08. The van der Waals surface area contributed by atoms with Gasteiger partial charge in [0.1, 0.15) is 11.8 Å². The molecule has 0 aliphatic carbocycles. The third-order valence-corrected chi connectivity index (χ3v) is 3.67. The van der Waals surface area contributed by atoms with E-state index in [4.69, 9.17) is 14.6 Å². The Morgan fingerprint density at radius 1 is 1.30 bits per heavy atom. The predicted molar refractivity (Wildman–Crippen MR) is 86.7 cm³/mol. The number of para-hydroxylation sites is 1. The lowest BCUT2D eigenvalue weighted by Gasteiger charge is -2.17.